The molecule has 0 aliphatic rings. The molecular weight excluding hydrogens is 244 g/mol. The number of rotatable bonds is 3. The monoisotopic (exact) mass is 252 g/mol. The summed E-state index contributed by atoms with van der Waals surface area (Å²) in [4.78, 5) is 25.4. The maximum absolute atomic E-state index is 11.6. The van der Waals surface area contributed by atoms with Crippen LogP contribution in [0.2, 0.25) is 0 Å². The van der Waals surface area contributed by atoms with Gasteiger partial charge in [-0.1, -0.05) is 4.49 Å². The van der Waals surface area contributed by atoms with Gasteiger partial charge >= 0.3 is 5.97 Å². The molecule has 0 saturated carbocycles. The first kappa shape index (κ1) is 11.3. The fraction of sp³-hybridized carbons (Fsp3) is 0.111. The third-order valence-corrected chi connectivity index (χ3v) is 2.64. The third kappa shape index (κ3) is 2.16. The van der Waals surface area contributed by atoms with Crippen LogP contribution in [-0.4, -0.2) is 31.6 Å². The smallest absolute Gasteiger partial charge is 0.339 e. The highest BCUT2D eigenvalue weighted by atomic mass is 32.1. The predicted octanol–water partition coefficient (Wildman–Crippen LogP) is 1.13. The van der Waals surface area contributed by atoms with Gasteiger partial charge in [-0.15, -0.1) is 5.10 Å². The Labute approximate surface area is 99.6 Å². The number of amides is 1. The highest BCUT2D eigenvalue weighted by molar-refractivity contribution is 7.03. The SMILES string of the molecule is Cc1[nH]cc(NC(=O)c2csnn2)c1C(=O)O. The summed E-state index contributed by atoms with van der Waals surface area (Å²) in [5, 5.41) is 16.5. The molecule has 17 heavy (non-hydrogen) atoms. The fourth-order valence-corrected chi connectivity index (χ4v) is 1.79. The van der Waals surface area contributed by atoms with Crippen LogP contribution >= 0.6 is 11.5 Å². The van der Waals surface area contributed by atoms with Crippen LogP contribution in [0.4, 0.5) is 5.69 Å². The highest BCUT2D eigenvalue weighted by Gasteiger charge is 2.18. The number of nitrogens with one attached hydrogen (secondary N) is 2. The number of carbonyl (C=O) groups excluding carboxylic acids is 1. The van der Waals surface area contributed by atoms with E-state index < -0.39 is 11.9 Å². The number of carboxylic acid groups (broad SMARTS) is 1. The van der Waals surface area contributed by atoms with Crippen molar-refractivity contribution in [1.29, 1.82) is 0 Å². The van der Waals surface area contributed by atoms with Gasteiger partial charge < -0.3 is 15.4 Å². The van der Waals surface area contributed by atoms with Crippen molar-refractivity contribution in [3.05, 3.63) is 28.5 Å². The Bertz CT molecular complexity index is 561. The van der Waals surface area contributed by atoms with Crippen LogP contribution in [0.3, 0.4) is 0 Å². The number of aromatic amines is 1. The van der Waals surface area contributed by atoms with E-state index in [1.165, 1.54) is 11.6 Å². The third-order valence-electron chi connectivity index (χ3n) is 2.13. The summed E-state index contributed by atoms with van der Waals surface area (Å²) >= 11 is 1.05. The van der Waals surface area contributed by atoms with Crippen molar-refractivity contribution in [3.8, 4) is 0 Å². The number of carbonyl (C=O) groups is 2. The van der Waals surface area contributed by atoms with Crippen LogP contribution < -0.4 is 5.32 Å². The Morgan fingerprint density at radius 1 is 1.53 bits per heavy atom. The molecule has 2 aromatic heterocycles. The number of H-pyrrole nitrogens is 1. The van der Waals surface area contributed by atoms with Gasteiger partial charge in [0.2, 0.25) is 0 Å². The molecule has 2 rings (SSSR count). The molecular formula is C9H8N4O3S. The molecule has 2 heterocycles. The van der Waals surface area contributed by atoms with Gasteiger partial charge in [0.25, 0.3) is 5.91 Å². The van der Waals surface area contributed by atoms with E-state index in [9.17, 15) is 9.59 Å². The second kappa shape index (κ2) is 4.34. The molecule has 0 aliphatic heterocycles. The quantitative estimate of drug-likeness (QED) is 0.758. The van der Waals surface area contributed by atoms with E-state index >= 15 is 0 Å². The molecule has 1 amide bonds. The Morgan fingerprint density at radius 2 is 2.29 bits per heavy atom. The summed E-state index contributed by atoms with van der Waals surface area (Å²) in [6.07, 6.45) is 1.43. The average molecular weight is 252 g/mol. The summed E-state index contributed by atoms with van der Waals surface area (Å²) in [6, 6.07) is 0. The van der Waals surface area contributed by atoms with Gasteiger partial charge in [-0.05, 0) is 18.5 Å². The molecule has 0 spiro atoms. The topological polar surface area (TPSA) is 108 Å². The minimum Gasteiger partial charge on any atom is -0.478 e. The summed E-state index contributed by atoms with van der Waals surface area (Å²) in [6.45, 7) is 1.61. The number of hydrogen-bond donors (Lipinski definition) is 3. The van der Waals surface area contributed by atoms with E-state index in [2.05, 4.69) is 19.9 Å². The van der Waals surface area contributed by atoms with Gasteiger partial charge in [0.1, 0.15) is 5.56 Å². The largest absolute Gasteiger partial charge is 0.478 e. The molecule has 88 valence electrons. The lowest BCUT2D eigenvalue weighted by molar-refractivity contribution is 0.0697. The lowest BCUT2D eigenvalue weighted by atomic mass is 10.2. The maximum atomic E-state index is 11.6. The Balaban J connectivity index is 2.25. The normalized spacial score (nSPS) is 10.2. The summed E-state index contributed by atoms with van der Waals surface area (Å²) in [7, 11) is 0. The zero-order chi connectivity index (χ0) is 12.4. The Morgan fingerprint density at radius 3 is 2.88 bits per heavy atom. The highest BCUT2D eigenvalue weighted by Crippen LogP contribution is 2.19. The lowest BCUT2D eigenvalue weighted by Gasteiger charge is -2.01. The molecule has 0 saturated heterocycles. The van der Waals surface area contributed by atoms with Gasteiger partial charge in [-0.2, -0.15) is 0 Å². The zero-order valence-electron chi connectivity index (χ0n) is 8.72. The first-order chi connectivity index (χ1) is 8.09. The number of hydrogen-bond acceptors (Lipinski definition) is 5. The number of aromatic nitrogens is 3. The van der Waals surface area contributed by atoms with Crippen molar-refractivity contribution >= 4 is 29.1 Å². The Kier molecular flexibility index (Phi) is 2.88. The number of aryl methyl sites for hydroxylation is 1. The molecule has 7 nitrogen and oxygen atoms in total. The number of nitrogens with zero attached hydrogens (tertiary/aromatic N) is 2. The van der Waals surface area contributed by atoms with Crippen molar-refractivity contribution in [2.24, 2.45) is 0 Å². The minimum atomic E-state index is -1.10. The second-order valence-corrected chi connectivity index (χ2v) is 3.86. The van der Waals surface area contributed by atoms with Gasteiger partial charge in [0.05, 0.1) is 5.69 Å². The summed E-state index contributed by atoms with van der Waals surface area (Å²) in [5.74, 6) is -1.59. The van der Waals surface area contributed by atoms with Gasteiger partial charge in [-0.3, -0.25) is 4.79 Å². The van der Waals surface area contributed by atoms with E-state index in [4.69, 9.17) is 5.11 Å². The Hall–Kier alpha value is -2.22. The molecule has 0 unspecified atom stereocenters. The standard InChI is InChI=1S/C9H8N4O3S/c1-4-7(9(15)16)5(2-10-4)11-8(14)6-3-17-13-12-6/h2-3,10H,1H3,(H,11,14)(H,15,16). The number of anilines is 1. The molecule has 8 heteroatoms. The average Bonchev–Trinajstić information content (AvgIpc) is 2.87. The second-order valence-electron chi connectivity index (χ2n) is 3.25. The van der Waals surface area contributed by atoms with Gasteiger partial charge in [-0.25, -0.2) is 4.79 Å². The van der Waals surface area contributed by atoms with Crippen LogP contribution in [0.5, 0.6) is 0 Å². The van der Waals surface area contributed by atoms with Crippen molar-refractivity contribution in [2.45, 2.75) is 6.92 Å². The molecule has 0 radical (unpaired) electrons. The van der Waals surface area contributed by atoms with Gasteiger partial charge in [0, 0.05) is 17.3 Å². The molecule has 0 bridgehead atoms. The maximum Gasteiger partial charge on any atom is 0.339 e. The first-order valence-corrected chi connectivity index (χ1v) is 5.43. The van der Waals surface area contributed by atoms with Crippen LogP contribution in [0.25, 0.3) is 0 Å². The molecule has 3 N–H and O–H groups in total. The van der Waals surface area contributed by atoms with Crippen molar-refractivity contribution in [1.82, 2.24) is 14.6 Å². The zero-order valence-corrected chi connectivity index (χ0v) is 9.54. The minimum absolute atomic E-state index is 0.0431. The van der Waals surface area contributed by atoms with Gasteiger partial charge in [0.15, 0.2) is 5.69 Å². The van der Waals surface area contributed by atoms with E-state index in [-0.39, 0.29) is 16.9 Å². The van der Waals surface area contributed by atoms with E-state index in [1.54, 1.807) is 6.92 Å². The summed E-state index contributed by atoms with van der Waals surface area (Å²) < 4.78 is 3.55. The molecule has 0 fully saturated rings. The molecule has 0 atom stereocenters. The van der Waals surface area contributed by atoms with Crippen molar-refractivity contribution < 1.29 is 14.7 Å². The van der Waals surface area contributed by atoms with Crippen LogP contribution in [-0.2, 0) is 0 Å². The van der Waals surface area contributed by atoms with Crippen LogP contribution in [0.1, 0.15) is 26.5 Å². The van der Waals surface area contributed by atoms with E-state index in [0.717, 1.165) is 11.5 Å². The summed E-state index contributed by atoms with van der Waals surface area (Å²) in [5.41, 5.74) is 0.893. The van der Waals surface area contributed by atoms with Crippen LogP contribution in [0, 0.1) is 6.92 Å². The van der Waals surface area contributed by atoms with E-state index in [1.807, 2.05) is 0 Å². The lowest BCUT2D eigenvalue weighted by Crippen LogP contribution is -2.14. The fourth-order valence-electron chi connectivity index (χ4n) is 1.35. The van der Waals surface area contributed by atoms with Crippen LogP contribution in [0.15, 0.2) is 11.6 Å². The number of aromatic carboxylic acids is 1. The van der Waals surface area contributed by atoms with Crippen molar-refractivity contribution in [2.75, 3.05) is 5.32 Å². The molecule has 0 aromatic carbocycles. The predicted molar refractivity (Wildman–Crippen MR) is 60.4 cm³/mol. The molecule has 2 aromatic rings. The first-order valence-electron chi connectivity index (χ1n) is 4.59. The van der Waals surface area contributed by atoms with Crippen molar-refractivity contribution in [3.63, 3.8) is 0 Å². The molecule has 0 aliphatic carbocycles. The van der Waals surface area contributed by atoms with E-state index in [0.29, 0.717) is 5.69 Å². The number of carboxylic acids is 1.